The molecule has 2 aromatic carbocycles. The molecular formula is C21H24ClNO3. The molecule has 4 rings (SSSR count). The number of fused-ring (bicyclic) bond motifs is 2. The van der Waals surface area contributed by atoms with E-state index in [4.69, 9.17) is 4.74 Å². The first-order chi connectivity index (χ1) is 12.2. The van der Waals surface area contributed by atoms with Crippen molar-refractivity contribution in [2.45, 2.75) is 49.5 Å². The maximum absolute atomic E-state index is 13.1. The molecule has 4 nitrogen and oxygen atoms in total. The lowest BCUT2D eigenvalue weighted by Crippen LogP contribution is -2.46. The van der Waals surface area contributed by atoms with E-state index in [1.807, 2.05) is 36.4 Å². The molecule has 2 N–H and O–H groups in total. The first-order valence-electron chi connectivity index (χ1n) is 8.97. The number of esters is 1. The van der Waals surface area contributed by atoms with E-state index < -0.39 is 11.6 Å². The summed E-state index contributed by atoms with van der Waals surface area (Å²) in [7, 11) is 0. The van der Waals surface area contributed by atoms with Gasteiger partial charge in [0.1, 0.15) is 6.10 Å². The molecule has 2 aromatic rings. The fourth-order valence-corrected chi connectivity index (χ4v) is 4.10. The van der Waals surface area contributed by atoms with E-state index in [1.165, 1.54) is 0 Å². The maximum atomic E-state index is 13.1. The third-order valence-electron chi connectivity index (χ3n) is 5.38. The molecule has 2 aliphatic rings. The first-order valence-corrected chi connectivity index (χ1v) is 8.97. The molecule has 2 aliphatic heterocycles. The summed E-state index contributed by atoms with van der Waals surface area (Å²) in [6.07, 6.45) is 3.79. The first kappa shape index (κ1) is 18.9. The van der Waals surface area contributed by atoms with Gasteiger partial charge in [-0.25, -0.2) is 4.79 Å². The topological polar surface area (TPSA) is 58.6 Å². The second-order valence-corrected chi connectivity index (χ2v) is 7.08. The van der Waals surface area contributed by atoms with Crippen molar-refractivity contribution < 1.29 is 14.6 Å². The van der Waals surface area contributed by atoms with Gasteiger partial charge in [0.15, 0.2) is 0 Å². The van der Waals surface area contributed by atoms with Crippen molar-refractivity contribution in [3.63, 3.8) is 0 Å². The van der Waals surface area contributed by atoms with Crippen LogP contribution in [0.4, 0.5) is 0 Å². The zero-order valence-corrected chi connectivity index (χ0v) is 15.3. The lowest BCUT2D eigenvalue weighted by molar-refractivity contribution is -0.169. The molecule has 2 fully saturated rings. The molecule has 5 heteroatoms. The van der Waals surface area contributed by atoms with Crippen LogP contribution in [0.3, 0.4) is 0 Å². The van der Waals surface area contributed by atoms with Gasteiger partial charge in [0, 0.05) is 12.1 Å². The van der Waals surface area contributed by atoms with E-state index >= 15 is 0 Å². The molecule has 2 saturated heterocycles. The van der Waals surface area contributed by atoms with E-state index in [-0.39, 0.29) is 18.5 Å². The van der Waals surface area contributed by atoms with Crippen molar-refractivity contribution in [3.8, 4) is 0 Å². The summed E-state index contributed by atoms with van der Waals surface area (Å²) in [6, 6.07) is 18.9. The molecule has 0 aliphatic carbocycles. The van der Waals surface area contributed by atoms with Crippen LogP contribution < -0.4 is 5.32 Å². The zero-order valence-electron chi connectivity index (χ0n) is 14.5. The Morgan fingerprint density at radius 3 is 1.85 bits per heavy atom. The number of hydrogen-bond acceptors (Lipinski definition) is 4. The summed E-state index contributed by atoms with van der Waals surface area (Å²) < 4.78 is 5.82. The van der Waals surface area contributed by atoms with Crippen molar-refractivity contribution in [2.75, 3.05) is 0 Å². The minimum absolute atomic E-state index is 0. The number of ether oxygens (including phenoxy) is 1. The Kier molecular flexibility index (Phi) is 5.66. The second-order valence-electron chi connectivity index (χ2n) is 7.08. The predicted octanol–water partition coefficient (Wildman–Crippen LogP) is 3.17. The van der Waals surface area contributed by atoms with Crippen LogP contribution in [0.2, 0.25) is 0 Å². The van der Waals surface area contributed by atoms with Crippen LogP contribution in [0.1, 0.15) is 36.8 Å². The third kappa shape index (κ3) is 3.50. The van der Waals surface area contributed by atoms with Crippen molar-refractivity contribution in [3.05, 3.63) is 71.8 Å². The average molecular weight is 374 g/mol. The number of piperidine rings is 1. The van der Waals surface area contributed by atoms with Gasteiger partial charge < -0.3 is 15.2 Å². The Morgan fingerprint density at radius 1 is 0.923 bits per heavy atom. The molecule has 0 amide bonds. The quantitative estimate of drug-likeness (QED) is 0.808. The van der Waals surface area contributed by atoms with Gasteiger partial charge in [0.05, 0.1) is 0 Å². The highest BCUT2D eigenvalue weighted by atomic mass is 35.5. The van der Waals surface area contributed by atoms with Gasteiger partial charge in [0.2, 0.25) is 5.60 Å². The molecule has 138 valence electrons. The Balaban J connectivity index is 0.00000196. The van der Waals surface area contributed by atoms with Crippen LogP contribution in [0.5, 0.6) is 0 Å². The molecule has 3 atom stereocenters. The third-order valence-corrected chi connectivity index (χ3v) is 5.38. The second kappa shape index (κ2) is 7.78. The lowest BCUT2D eigenvalue weighted by atomic mass is 9.86. The van der Waals surface area contributed by atoms with Gasteiger partial charge in [-0.05, 0) is 36.8 Å². The number of hydrogen-bond donors (Lipinski definition) is 2. The van der Waals surface area contributed by atoms with Crippen LogP contribution in [0.25, 0.3) is 0 Å². The van der Waals surface area contributed by atoms with E-state index in [2.05, 4.69) is 5.32 Å². The number of carbonyl (C=O) groups excluding carboxylic acids is 1. The van der Waals surface area contributed by atoms with Crippen LogP contribution in [0.15, 0.2) is 60.7 Å². The van der Waals surface area contributed by atoms with Crippen molar-refractivity contribution >= 4 is 18.4 Å². The monoisotopic (exact) mass is 373 g/mol. The zero-order chi connectivity index (χ0) is 17.3. The van der Waals surface area contributed by atoms with Gasteiger partial charge in [0.25, 0.3) is 0 Å². The largest absolute Gasteiger partial charge is 0.460 e. The number of halogens is 1. The number of aliphatic hydroxyl groups is 1. The van der Waals surface area contributed by atoms with E-state index in [0.29, 0.717) is 23.2 Å². The smallest absolute Gasteiger partial charge is 0.347 e. The van der Waals surface area contributed by atoms with E-state index in [9.17, 15) is 9.90 Å². The standard InChI is InChI=1S/C21H23NO3.ClH/c23-20(25-19-13-17-11-12-18(14-19)22-17)21(24,15-7-3-1-4-8-15)16-9-5-2-6-10-16;/h1-10,17-19,22,24H,11-14H2;1H/t17-,18+,19+;. The van der Waals surface area contributed by atoms with Gasteiger partial charge in [-0.1, -0.05) is 60.7 Å². The van der Waals surface area contributed by atoms with Gasteiger partial charge >= 0.3 is 5.97 Å². The van der Waals surface area contributed by atoms with E-state index in [0.717, 1.165) is 25.7 Å². The predicted molar refractivity (Wildman–Crippen MR) is 102 cm³/mol. The average Bonchev–Trinajstić information content (AvgIpc) is 3.00. The van der Waals surface area contributed by atoms with Crippen LogP contribution in [-0.2, 0) is 15.1 Å². The summed E-state index contributed by atoms with van der Waals surface area (Å²) in [5.41, 5.74) is -0.724. The number of nitrogens with one attached hydrogen (secondary N) is 1. The number of carbonyl (C=O) groups is 1. The molecule has 2 heterocycles. The summed E-state index contributed by atoms with van der Waals surface area (Å²) in [5.74, 6) is -0.587. The normalized spacial score (nSPS) is 24.6. The minimum Gasteiger partial charge on any atom is -0.460 e. The summed E-state index contributed by atoms with van der Waals surface area (Å²) in [4.78, 5) is 13.1. The van der Waals surface area contributed by atoms with Gasteiger partial charge in [-0.3, -0.25) is 0 Å². The highest BCUT2D eigenvalue weighted by molar-refractivity contribution is 5.86. The minimum atomic E-state index is -1.79. The molecular weight excluding hydrogens is 350 g/mol. The highest BCUT2D eigenvalue weighted by Gasteiger charge is 2.44. The molecule has 0 aromatic heterocycles. The summed E-state index contributed by atoms with van der Waals surface area (Å²) in [6.45, 7) is 0. The maximum Gasteiger partial charge on any atom is 0.347 e. The summed E-state index contributed by atoms with van der Waals surface area (Å²) >= 11 is 0. The lowest BCUT2D eigenvalue weighted by Gasteiger charge is -2.33. The van der Waals surface area contributed by atoms with Crippen molar-refractivity contribution in [1.29, 1.82) is 0 Å². The van der Waals surface area contributed by atoms with Gasteiger partial charge in [-0.2, -0.15) is 0 Å². The number of benzene rings is 2. The molecule has 2 bridgehead atoms. The molecule has 0 spiro atoms. The Bertz CT molecular complexity index is 686. The van der Waals surface area contributed by atoms with Crippen LogP contribution in [-0.4, -0.2) is 29.3 Å². The Hall–Kier alpha value is -1.88. The van der Waals surface area contributed by atoms with Crippen molar-refractivity contribution in [2.24, 2.45) is 0 Å². The Labute approximate surface area is 160 Å². The van der Waals surface area contributed by atoms with Gasteiger partial charge in [-0.15, -0.1) is 12.4 Å². The molecule has 26 heavy (non-hydrogen) atoms. The highest BCUT2D eigenvalue weighted by Crippen LogP contribution is 2.34. The van der Waals surface area contributed by atoms with Crippen LogP contribution >= 0.6 is 12.4 Å². The molecule has 0 radical (unpaired) electrons. The summed E-state index contributed by atoms with van der Waals surface area (Å²) in [5, 5.41) is 15.0. The van der Waals surface area contributed by atoms with Crippen LogP contribution in [0, 0.1) is 0 Å². The SMILES string of the molecule is Cl.O=C(O[C@H]1C[C@H]2CC[C@@H](C1)N2)C(O)(c1ccccc1)c1ccccc1. The molecule has 0 unspecified atom stereocenters. The fraction of sp³-hybridized carbons (Fsp3) is 0.381. The fourth-order valence-electron chi connectivity index (χ4n) is 4.10. The molecule has 0 saturated carbocycles. The van der Waals surface area contributed by atoms with Crippen molar-refractivity contribution in [1.82, 2.24) is 5.32 Å². The van der Waals surface area contributed by atoms with E-state index in [1.54, 1.807) is 24.3 Å². The number of rotatable bonds is 4. The Morgan fingerprint density at radius 2 is 1.38 bits per heavy atom.